The smallest absolute Gasteiger partial charge is 0.243 e. The first-order valence-electron chi connectivity index (χ1n) is 10.7. The molecule has 0 bridgehead atoms. The van der Waals surface area contributed by atoms with Gasteiger partial charge in [-0.1, -0.05) is 82.7 Å². The van der Waals surface area contributed by atoms with Crippen molar-refractivity contribution < 1.29 is 13.2 Å². The molecule has 7 heteroatoms. The highest BCUT2D eigenvalue weighted by Gasteiger charge is 2.28. The molecule has 1 heterocycles. The monoisotopic (exact) mass is 514 g/mol. The SMILES string of the molecule is O=S(=O)(c1cccc(Br)c1)N1CCN(CCOC(c2ccccc2)c2ccccc2)CC1. The van der Waals surface area contributed by atoms with Gasteiger partial charge in [0.15, 0.2) is 0 Å². The minimum absolute atomic E-state index is 0.115. The van der Waals surface area contributed by atoms with E-state index in [4.69, 9.17) is 4.74 Å². The van der Waals surface area contributed by atoms with Gasteiger partial charge in [-0.15, -0.1) is 0 Å². The Morgan fingerprint density at radius 3 is 1.97 bits per heavy atom. The van der Waals surface area contributed by atoms with Gasteiger partial charge in [-0.2, -0.15) is 4.31 Å². The van der Waals surface area contributed by atoms with E-state index in [0.717, 1.165) is 22.1 Å². The number of sulfonamides is 1. The van der Waals surface area contributed by atoms with Gasteiger partial charge in [0.25, 0.3) is 0 Å². The average molecular weight is 515 g/mol. The van der Waals surface area contributed by atoms with Gasteiger partial charge in [0.2, 0.25) is 10.0 Å². The van der Waals surface area contributed by atoms with Gasteiger partial charge in [-0.25, -0.2) is 8.42 Å². The third-order valence-electron chi connectivity index (χ3n) is 5.66. The summed E-state index contributed by atoms with van der Waals surface area (Å²) in [6.07, 6.45) is -0.115. The molecule has 0 radical (unpaired) electrons. The quantitative estimate of drug-likeness (QED) is 0.442. The fourth-order valence-electron chi connectivity index (χ4n) is 3.91. The first-order chi connectivity index (χ1) is 15.5. The van der Waals surface area contributed by atoms with Gasteiger partial charge >= 0.3 is 0 Å². The molecule has 0 aliphatic carbocycles. The zero-order valence-electron chi connectivity index (χ0n) is 17.8. The molecule has 168 valence electrons. The maximum atomic E-state index is 12.9. The lowest BCUT2D eigenvalue weighted by Crippen LogP contribution is -2.49. The van der Waals surface area contributed by atoms with Crippen molar-refractivity contribution in [2.45, 2.75) is 11.0 Å². The van der Waals surface area contributed by atoms with E-state index in [2.05, 4.69) is 45.1 Å². The predicted octanol–water partition coefficient (Wildman–Crippen LogP) is 4.56. The Hall–Kier alpha value is -2.03. The molecule has 0 unspecified atom stereocenters. The molecule has 0 spiro atoms. The predicted molar refractivity (Wildman–Crippen MR) is 130 cm³/mol. The van der Waals surface area contributed by atoms with E-state index < -0.39 is 10.0 Å². The first-order valence-corrected chi connectivity index (χ1v) is 13.0. The van der Waals surface area contributed by atoms with Crippen LogP contribution in [0.1, 0.15) is 17.2 Å². The average Bonchev–Trinajstić information content (AvgIpc) is 2.83. The molecule has 0 amide bonds. The highest BCUT2D eigenvalue weighted by molar-refractivity contribution is 9.10. The molecule has 1 aliphatic heterocycles. The fraction of sp³-hybridized carbons (Fsp3) is 0.280. The van der Waals surface area contributed by atoms with Gasteiger partial charge in [-0.05, 0) is 29.3 Å². The second kappa shape index (κ2) is 10.7. The maximum absolute atomic E-state index is 12.9. The van der Waals surface area contributed by atoms with E-state index >= 15 is 0 Å². The van der Waals surface area contributed by atoms with Gasteiger partial charge in [0, 0.05) is 37.2 Å². The summed E-state index contributed by atoms with van der Waals surface area (Å²) in [7, 11) is -3.47. The Balaban J connectivity index is 1.32. The lowest BCUT2D eigenvalue weighted by Gasteiger charge is -2.34. The minimum atomic E-state index is -3.47. The summed E-state index contributed by atoms with van der Waals surface area (Å²) in [5.74, 6) is 0. The number of halogens is 1. The van der Waals surface area contributed by atoms with Crippen LogP contribution in [-0.4, -0.2) is 57.0 Å². The first kappa shape index (κ1) is 23.1. The van der Waals surface area contributed by atoms with Crippen molar-refractivity contribution in [1.82, 2.24) is 9.21 Å². The van der Waals surface area contributed by atoms with Crippen LogP contribution in [-0.2, 0) is 14.8 Å². The number of piperazine rings is 1. The van der Waals surface area contributed by atoms with Crippen LogP contribution in [0.4, 0.5) is 0 Å². The number of hydrogen-bond donors (Lipinski definition) is 0. The molecule has 3 aromatic carbocycles. The number of hydrogen-bond acceptors (Lipinski definition) is 4. The second-order valence-electron chi connectivity index (χ2n) is 7.78. The van der Waals surface area contributed by atoms with Crippen LogP contribution in [0.2, 0.25) is 0 Å². The van der Waals surface area contributed by atoms with E-state index in [-0.39, 0.29) is 6.10 Å². The standard InChI is InChI=1S/C25H27BrN2O3S/c26-23-12-7-13-24(20-23)32(29,30)28-16-14-27(15-17-28)18-19-31-25(21-8-3-1-4-9-21)22-10-5-2-6-11-22/h1-13,20,25H,14-19H2. The fourth-order valence-corrected chi connectivity index (χ4v) is 5.93. The zero-order chi connectivity index (χ0) is 22.4. The molecular weight excluding hydrogens is 488 g/mol. The molecular formula is C25H27BrN2O3S. The van der Waals surface area contributed by atoms with Crippen molar-refractivity contribution in [2.24, 2.45) is 0 Å². The Morgan fingerprint density at radius 2 is 1.41 bits per heavy atom. The molecule has 5 nitrogen and oxygen atoms in total. The van der Waals surface area contributed by atoms with Crippen molar-refractivity contribution in [3.8, 4) is 0 Å². The van der Waals surface area contributed by atoms with Gasteiger partial charge in [0.1, 0.15) is 6.10 Å². The summed E-state index contributed by atoms with van der Waals surface area (Å²) in [5, 5.41) is 0. The Kier molecular flexibility index (Phi) is 7.75. The van der Waals surface area contributed by atoms with Crippen LogP contribution in [0.5, 0.6) is 0 Å². The summed E-state index contributed by atoms with van der Waals surface area (Å²) in [6.45, 7) is 3.69. The molecule has 32 heavy (non-hydrogen) atoms. The van der Waals surface area contributed by atoms with Gasteiger partial charge < -0.3 is 4.74 Å². The number of nitrogens with zero attached hydrogens (tertiary/aromatic N) is 2. The molecule has 0 saturated carbocycles. The summed E-state index contributed by atoms with van der Waals surface area (Å²) in [6, 6.07) is 27.4. The molecule has 0 aromatic heterocycles. The van der Waals surface area contributed by atoms with Gasteiger partial charge in [-0.3, -0.25) is 4.90 Å². The maximum Gasteiger partial charge on any atom is 0.243 e. The van der Waals surface area contributed by atoms with E-state index in [0.29, 0.717) is 37.7 Å². The molecule has 1 saturated heterocycles. The molecule has 1 aliphatic rings. The second-order valence-corrected chi connectivity index (χ2v) is 10.6. The highest BCUT2D eigenvalue weighted by Crippen LogP contribution is 2.26. The molecule has 0 atom stereocenters. The lowest BCUT2D eigenvalue weighted by atomic mass is 10.0. The van der Waals surface area contributed by atoms with E-state index in [9.17, 15) is 8.42 Å². The van der Waals surface area contributed by atoms with Crippen molar-refractivity contribution in [2.75, 3.05) is 39.3 Å². The third-order valence-corrected chi connectivity index (χ3v) is 8.05. The molecule has 1 fully saturated rings. The number of rotatable bonds is 8. The summed E-state index contributed by atoms with van der Waals surface area (Å²) < 4.78 is 34.5. The number of ether oxygens (including phenoxy) is 1. The van der Waals surface area contributed by atoms with E-state index in [1.54, 1.807) is 22.5 Å². The van der Waals surface area contributed by atoms with Crippen LogP contribution >= 0.6 is 15.9 Å². The Morgan fingerprint density at radius 1 is 0.812 bits per heavy atom. The van der Waals surface area contributed by atoms with Crippen LogP contribution in [0.15, 0.2) is 94.3 Å². The van der Waals surface area contributed by atoms with Crippen LogP contribution in [0.3, 0.4) is 0 Å². The Labute approximate surface area is 198 Å². The minimum Gasteiger partial charge on any atom is -0.367 e. The van der Waals surface area contributed by atoms with Crippen LogP contribution < -0.4 is 0 Å². The Bertz CT molecular complexity index is 1060. The van der Waals surface area contributed by atoms with E-state index in [1.807, 2.05) is 42.5 Å². The normalized spacial score (nSPS) is 15.8. The number of benzene rings is 3. The molecule has 0 N–H and O–H groups in total. The summed E-state index contributed by atoms with van der Waals surface area (Å²) >= 11 is 3.36. The van der Waals surface area contributed by atoms with Crippen molar-refractivity contribution in [3.63, 3.8) is 0 Å². The molecule has 3 aromatic rings. The third kappa shape index (κ3) is 5.66. The van der Waals surface area contributed by atoms with Crippen LogP contribution in [0.25, 0.3) is 0 Å². The molecule has 4 rings (SSSR count). The topological polar surface area (TPSA) is 49.9 Å². The highest BCUT2D eigenvalue weighted by atomic mass is 79.9. The van der Waals surface area contributed by atoms with Crippen molar-refractivity contribution >= 4 is 26.0 Å². The summed E-state index contributed by atoms with van der Waals surface area (Å²) in [5.41, 5.74) is 2.26. The lowest BCUT2D eigenvalue weighted by molar-refractivity contribution is 0.0527. The van der Waals surface area contributed by atoms with E-state index in [1.165, 1.54) is 0 Å². The summed E-state index contributed by atoms with van der Waals surface area (Å²) in [4.78, 5) is 2.59. The van der Waals surface area contributed by atoms with Crippen molar-refractivity contribution in [3.05, 3.63) is 101 Å². The zero-order valence-corrected chi connectivity index (χ0v) is 20.2. The van der Waals surface area contributed by atoms with Crippen LogP contribution in [0, 0.1) is 0 Å². The largest absolute Gasteiger partial charge is 0.367 e. The van der Waals surface area contributed by atoms with Gasteiger partial charge in [0.05, 0.1) is 11.5 Å². The van der Waals surface area contributed by atoms with Crippen molar-refractivity contribution in [1.29, 1.82) is 0 Å².